The summed E-state index contributed by atoms with van der Waals surface area (Å²) in [5.41, 5.74) is 5.35. The SMILES string of the molecule is Cc1c(CN2CCN(Cc3ccc4c(c3)OCO4)CC2)cc(-c2ccc(Cl)cc2)n1-c1ccc(F)cc1F. The molecule has 2 aliphatic heterocycles. The largest absolute Gasteiger partial charge is 0.454 e. The molecule has 0 bridgehead atoms. The lowest BCUT2D eigenvalue weighted by Crippen LogP contribution is -2.45. The summed E-state index contributed by atoms with van der Waals surface area (Å²) in [6.45, 7) is 7.65. The van der Waals surface area contributed by atoms with Crippen LogP contribution in [0.3, 0.4) is 0 Å². The van der Waals surface area contributed by atoms with E-state index in [1.807, 2.05) is 41.8 Å². The summed E-state index contributed by atoms with van der Waals surface area (Å²) in [6.07, 6.45) is 0. The fourth-order valence-corrected chi connectivity index (χ4v) is 5.39. The summed E-state index contributed by atoms with van der Waals surface area (Å²) < 4.78 is 41.4. The fourth-order valence-electron chi connectivity index (χ4n) is 5.27. The highest BCUT2D eigenvalue weighted by molar-refractivity contribution is 6.30. The number of fused-ring (bicyclic) bond motifs is 1. The van der Waals surface area contributed by atoms with Crippen molar-refractivity contribution in [3.63, 3.8) is 0 Å². The predicted molar refractivity (Wildman–Crippen MR) is 144 cm³/mol. The third kappa shape index (κ3) is 5.01. The van der Waals surface area contributed by atoms with Gasteiger partial charge >= 0.3 is 0 Å². The first kappa shape index (κ1) is 24.9. The normalized spacial score (nSPS) is 15.8. The fraction of sp³-hybridized carbons (Fsp3) is 0.267. The van der Waals surface area contributed by atoms with Crippen LogP contribution in [0.2, 0.25) is 5.02 Å². The van der Waals surface area contributed by atoms with Crippen LogP contribution < -0.4 is 9.47 Å². The molecule has 6 rings (SSSR count). The van der Waals surface area contributed by atoms with Crippen molar-refractivity contribution in [3.05, 3.63) is 100 Å². The van der Waals surface area contributed by atoms with Gasteiger partial charge in [0.25, 0.3) is 0 Å². The highest BCUT2D eigenvalue weighted by Gasteiger charge is 2.23. The Bertz CT molecular complexity index is 1460. The van der Waals surface area contributed by atoms with Gasteiger partial charge < -0.3 is 14.0 Å². The molecular weight excluding hydrogens is 508 g/mol. The predicted octanol–water partition coefficient (Wildman–Crippen LogP) is 6.43. The van der Waals surface area contributed by atoms with Gasteiger partial charge in [-0.05, 0) is 66.1 Å². The zero-order valence-electron chi connectivity index (χ0n) is 21.1. The van der Waals surface area contributed by atoms with Crippen molar-refractivity contribution in [2.75, 3.05) is 33.0 Å². The number of hydrogen-bond donors (Lipinski definition) is 0. The summed E-state index contributed by atoms with van der Waals surface area (Å²) in [7, 11) is 0. The maximum atomic E-state index is 14.9. The number of ether oxygens (including phenoxy) is 2. The van der Waals surface area contributed by atoms with Crippen molar-refractivity contribution in [2.45, 2.75) is 20.0 Å². The number of rotatable bonds is 6. The van der Waals surface area contributed by atoms with Gasteiger partial charge in [0.2, 0.25) is 6.79 Å². The molecular formula is C30H28ClF2N3O2. The maximum absolute atomic E-state index is 14.9. The molecule has 0 radical (unpaired) electrons. The van der Waals surface area contributed by atoms with E-state index in [9.17, 15) is 8.78 Å². The lowest BCUT2D eigenvalue weighted by atomic mass is 10.1. The zero-order chi connectivity index (χ0) is 26.2. The standard InChI is InChI=1S/C30H28ClF2N3O2/c1-20-23(18-35-12-10-34(11-13-35)17-21-2-9-29-30(14-21)38-19-37-29)15-28(22-3-5-24(31)6-4-22)36(20)27-8-7-25(32)16-26(27)33/h2-9,14-16H,10-13,17-19H2,1H3. The lowest BCUT2D eigenvalue weighted by molar-refractivity contribution is 0.122. The molecule has 1 fully saturated rings. The van der Waals surface area contributed by atoms with Gasteiger partial charge in [0, 0.05) is 56.1 Å². The van der Waals surface area contributed by atoms with E-state index in [-0.39, 0.29) is 6.79 Å². The Morgan fingerprint density at radius 2 is 1.50 bits per heavy atom. The molecule has 0 spiro atoms. The molecule has 2 aliphatic rings. The quantitative estimate of drug-likeness (QED) is 0.284. The van der Waals surface area contributed by atoms with Crippen LogP contribution in [0.5, 0.6) is 11.5 Å². The Morgan fingerprint density at radius 1 is 0.789 bits per heavy atom. The molecule has 1 saturated heterocycles. The topological polar surface area (TPSA) is 29.9 Å². The molecule has 0 N–H and O–H groups in total. The average Bonchev–Trinajstić information content (AvgIpc) is 3.50. The minimum atomic E-state index is -0.595. The molecule has 8 heteroatoms. The Kier molecular flexibility index (Phi) is 6.82. The van der Waals surface area contributed by atoms with Gasteiger partial charge in [-0.25, -0.2) is 8.78 Å². The smallest absolute Gasteiger partial charge is 0.231 e. The summed E-state index contributed by atoms with van der Waals surface area (Å²) in [4.78, 5) is 4.87. The zero-order valence-corrected chi connectivity index (χ0v) is 21.8. The molecule has 0 amide bonds. The van der Waals surface area contributed by atoms with Gasteiger partial charge in [-0.1, -0.05) is 29.8 Å². The van der Waals surface area contributed by atoms with E-state index >= 15 is 0 Å². The van der Waals surface area contributed by atoms with E-state index in [0.717, 1.165) is 79.3 Å². The van der Waals surface area contributed by atoms with Gasteiger partial charge in [0.15, 0.2) is 11.5 Å². The van der Waals surface area contributed by atoms with Crippen LogP contribution >= 0.6 is 11.6 Å². The first-order valence-corrected chi connectivity index (χ1v) is 13.1. The van der Waals surface area contributed by atoms with Gasteiger partial charge in [0.05, 0.1) is 11.4 Å². The average molecular weight is 536 g/mol. The van der Waals surface area contributed by atoms with Crippen molar-refractivity contribution in [1.82, 2.24) is 14.4 Å². The minimum absolute atomic E-state index is 0.284. The van der Waals surface area contributed by atoms with Crippen molar-refractivity contribution < 1.29 is 18.3 Å². The number of aromatic nitrogens is 1. The lowest BCUT2D eigenvalue weighted by Gasteiger charge is -2.34. The van der Waals surface area contributed by atoms with E-state index in [0.29, 0.717) is 10.7 Å². The second-order valence-electron chi connectivity index (χ2n) is 9.82. The minimum Gasteiger partial charge on any atom is -0.454 e. The Labute approximate surface area is 225 Å². The molecule has 196 valence electrons. The van der Waals surface area contributed by atoms with Crippen LogP contribution in [-0.4, -0.2) is 47.3 Å². The van der Waals surface area contributed by atoms with E-state index in [1.54, 1.807) is 0 Å². The molecule has 3 heterocycles. The van der Waals surface area contributed by atoms with Crippen molar-refractivity contribution in [1.29, 1.82) is 0 Å². The van der Waals surface area contributed by atoms with Crippen molar-refractivity contribution in [2.24, 2.45) is 0 Å². The molecule has 0 aliphatic carbocycles. The summed E-state index contributed by atoms with van der Waals surface area (Å²) in [6, 6.07) is 19.5. The van der Waals surface area contributed by atoms with Gasteiger partial charge in [-0.3, -0.25) is 9.80 Å². The highest BCUT2D eigenvalue weighted by atomic mass is 35.5. The van der Waals surface area contributed by atoms with Crippen LogP contribution in [-0.2, 0) is 13.1 Å². The monoisotopic (exact) mass is 535 g/mol. The Morgan fingerprint density at radius 3 is 2.24 bits per heavy atom. The van der Waals surface area contributed by atoms with Gasteiger partial charge in [-0.15, -0.1) is 0 Å². The highest BCUT2D eigenvalue weighted by Crippen LogP contribution is 2.34. The maximum Gasteiger partial charge on any atom is 0.231 e. The van der Waals surface area contributed by atoms with E-state index < -0.39 is 11.6 Å². The van der Waals surface area contributed by atoms with Gasteiger partial charge in [0.1, 0.15) is 11.6 Å². The van der Waals surface area contributed by atoms with Crippen LogP contribution in [0.1, 0.15) is 16.8 Å². The van der Waals surface area contributed by atoms with E-state index in [2.05, 4.69) is 28.0 Å². The second kappa shape index (κ2) is 10.4. The Balaban J connectivity index is 1.20. The van der Waals surface area contributed by atoms with Crippen LogP contribution in [0.4, 0.5) is 8.78 Å². The van der Waals surface area contributed by atoms with Crippen LogP contribution in [0.25, 0.3) is 16.9 Å². The summed E-state index contributed by atoms with van der Waals surface area (Å²) in [5.74, 6) is 0.431. The van der Waals surface area contributed by atoms with Gasteiger partial charge in [-0.2, -0.15) is 0 Å². The molecule has 38 heavy (non-hydrogen) atoms. The molecule has 5 nitrogen and oxygen atoms in total. The van der Waals surface area contributed by atoms with E-state index in [1.165, 1.54) is 17.7 Å². The van der Waals surface area contributed by atoms with Crippen LogP contribution in [0, 0.1) is 18.6 Å². The summed E-state index contributed by atoms with van der Waals surface area (Å²) >= 11 is 6.12. The third-order valence-electron chi connectivity index (χ3n) is 7.34. The molecule has 1 aromatic heterocycles. The number of hydrogen-bond acceptors (Lipinski definition) is 4. The third-order valence-corrected chi connectivity index (χ3v) is 7.60. The van der Waals surface area contributed by atoms with Crippen LogP contribution in [0.15, 0.2) is 66.7 Å². The summed E-state index contributed by atoms with van der Waals surface area (Å²) in [5, 5.41) is 0.635. The number of halogens is 3. The number of nitrogens with zero attached hydrogens (tertiary/aromatic N) is 3. The molecule has 0 atom stereocenters. The second-order valence-corrected chi connectivity index (χ2v) is 10.3. The van der Waals surface area contributed by atoms with E-state index in [4.69, 9.17) is 21.1 Å². The number of benzene rings is 3. The first-order valence-electron chi connectivity index (χ1n) is 12.7. The molecule has 4 aromatic rings. The molecule has 3 aromatic carbocycles. The molecule has 0 saturated carbocycles. The number of piperazine rings is 1. The first-order chi connectivity index (χ1) is 18.4. The Hall–Kier alpha value is -3.39. The van der Waals surface area contributed by atoms with Crippen molar-refractivity contribution in [3.8, 4) is 28.4 Å². The molecule has 0 unspecified atom stereocenters. The van der Waals surface area contributed by atoms with Crippen molar-refractivity contribution >= 4 is 11.6 Å².